The molecule has 3 aromatic heterocycles. The van der Waals surface area contributed by atoms with Crippen LogP contribution in [0.25, 0.3) is 11.3 Å². The number of anilines is 1. The zero-order chi connectivity index (χ0) is 29.5. The summed E-state index contributed by atoms with van der Waals surface area (Å²) in [4.78, 5) is 32.5. The molecule has 12 nitrogen and oxygen atoms in total. The molecule has 41 heavy (non-hydrogen) atoms. The number of nitrogens with two attached hydrogens (primary N) is 1. The Hall–Kier alpha value is -3.91. The van der Waals surface area contributed by atoms with Gasteiger partial charge in [0, 0.05) is 56.2 Å². The van der Waals surface area contributed by atoms with Crippen LogP contribution in [0.1, 0.15) is 62.3 Å². The van der Waals surface area contributed by atoms with Gasteiger partial charge in [-0.25, -0.2) is 18.6 Å². The van der Waals surface area contributed by atoms with E-state index in [0.29, 0.717) is 37.4 Å². The van der Waals surface area contributed by atoms with E-state index in [4.69, 9.17) is 5.73 Å². The van der Waals surface area contributed by atoms with Gasteiger partial charge in [-0.1, -0.05) is 6.07 Å². The minimum absolute atomic E-state index is 0.0587. The number of hydrogen-bond donors (Lipinski definition) is 3. The first-order valence-electron chi connectivity index (χ1n) is 13.6. The highest BCUT2D eigenvalue weighted by molar-refractivity contribution is 6.03. The summed E-state index contributed by atoms with van der Waals surface area (Å²) in [5, 5.41) is 20.3. The predicted molar refractivity (Wildman–Crippen MR) is 147 cm³/mol. The van der Waals surface area contributed by atoms with Gasteiger partial charge in [0.05, 0.1) is 29.2 Å². The van der Waals surface area contributed by atoms with Gasteiger partial charge in [0.25, 0.3) is 12.3 Å². The number of halogens is 2. The maximum atomic E-state index is 13.9. The zero-order valence-corrected chi connectivity index (χ0v) is 23.2. The summed E-state index contributed by atoms with van der Waals surface area (Å²) >= 11 is 0. The van der Waals surface area contributed by atoms with E-state index in [1.54, 1.807) is 29.2 Å². The van der Waals surface area contributed by atoms with Gasteiger partial charge in [-0.05, 0) is 45.7 Å². The molecule has 220 valence electrons. The molecule has 0 aromatic carbocycles. The molecule has 4 N–H and O–H groups in total. The van der Waals surface area contributed by atoms with Crippen molar-refractivity contribution in [1.29, 1.82) is 0 Å². The first kappa shape index (κ1) is 28.6. The lowest BCUT2D eigenvalue weighted by Crippen LogP contribution is -2.57. The summed E-state index contributed by atoms with van der Waals surface area (Å²) in [6.45, 7) is 7.88. The van der Waals surface area contributed by atoms with Gasteiger partial charge in [-0.2, -0.15) is 10.2 Å². The standard InChI is InChI=1S/C27H35F2N9O3/c1-16-9-18(7-8-36(16)26(40)41)35-12-19(13-35)37-14-22(23(34-37)24(28)29)33-25(39)21-6-4-5-20(32-21)17-10-31-38(11-17)27(2,3)15-30/h4-6,10-11,14,16,18-19,24H,7-9,12-13,15,30H2,1-3H3,(H,33,39)(H,40,41). The van der Waals surface area contributed by atoms with E-state index < -0.39 is 29.7 Å². The Morgan fingerprint density at radius 3 is 2.63 bits per heavy atom. The summed E-state index contributed by atoms with van der Waals surface area (Å²) in [7, 11) is 0. The lowest BCUT2D eigenvalue weighted by atomic mass is 9.93. The number of pyridine rings is 1. The van der Waals surface area contributed by atoms with Crippen molar-refractivity contribution in [1.82, 2.24) is 34.3 Å². The van der Waals surface area contributed by atoms with Crippen LogP contribution in [0.3, 0.4) is 0 Å². The second-order valence-electron chi connectivity index (χ2n) is 11.4. The molecule has 2 amide bonds. The normalized spacial score (nSPS) is 20.3. The molecule has 2 fully saturated rings. The van der Waals surface area contributed by atoms with Gasteiger partial charge in [-0.15, -0.1) is 0 Å². The van der Waals surface area contributed by atoms with E-state index in [-0.39, 0.29) is 29.5 Å². The van der Waals surface area contributed by atoms with Crippen LogP contribution >= 0.6 is 0 Å². The van der Waals surface area contributed by atoms with E-state index in [2.05, 4.69) is 25.4 Å². The lowest BCUT2D eigenvalue weighted by Gasteiger charge is -2.48. The summed E-state index contributed by atoms with van der Waals surface area (Å²) in [6.07, 6.45) is 2.54. The van der Waals surface area contributed by atoms with Crippen molar-refractivity contribution < 1.29 is 23.5 Å². The van der Waals surface area contributed by atoms with Crippen molar-refractivity contribution in [3.63, 3.8) is 0 Å². The number of carboxylic acid groups (broad SMARTS) is 1. The lowest BCUT2D eigenvalue weighted by molar-refractivity contribution is 0.00724. The summed E-state index contributed by atoms with van der Waals surface area (Å²) in [5.74, 6) is -0.627. The first-order valence-corrected chi connectivity index (χ1v) is 13.6. The number of hydrogen-bond acceptors (Lipinski definition) is 7. The van der Waals surface area contributed by atoms with Gasteiger partial charge >= 0.3 is 6.09 Å². The maximum Gasteiger partial charge on any atom is 0.407 e. The average Bonchev–Trinajstić information content (AvgIpc) is 3.56. The molecule has 2 aliphatic rings. The third-order valence-electron chi connectivity index (χ3n) is 8.07. The van der Waals surface area contributed by atoms with Crippen LogP contribution in [0.15, 0.2) is 36.8 Å². The number of aromatic nitrogens is 5. The van der Waals surface area contributed by atoms with Crippen LogP contribution in [0.5, 0.6) is 0 Å². The Morgan fingerprint density at radius 1 is 1.22 bits per heavy atom. The molecule has 0 bridgehead atoms. The third-order valence-corrected chi connectivity index (χ3v) is 8.07. The Balaban J connectivity index is 1.25. The molecule has 2 atom stereocenters. The van der Waals surface area contributed by atoms with Gasteiger partial charge < -0.3 is 21.1 Å². The quantitative estimate of drug-likeness (QED) is 0.373. The number of alkyl halides is 2. The number of carbonyl (C=O) groups is 2. The number of amides is 2. The van der Waals surface area contributed by atoms with E-state index in [0.717, 1.165) is 12.8 Å². The fourth-order valence-electron chi connectivity index (χ4n) is 5.35. The number of piperidine rings is 1. The molecular weight excluding hydrogens is 536 g/mol. The van der Waals surface area contributed by atoms with Crippen molar-refractivity contribution in [3.8, 4) is 11.3 Å². The number of rotatable bonds is 8. The van der Waals surface area contributed by atoms with Crippen LogP contribution in [-0.2, 0) is 5.54 Å². The van der Waals surface area contributed by atoms with Crippen molar-refractivity contribution in [3.05, 3.63) is 48.2 Å². The fraction of sp³-hybridized carbons (Fsp3) is 0.519. The molecule has 2 aliphatic heterocycles. The van der Waals surface area contributed by atoms with Crippen molar-refractivity contribution in [2.24, 2.45) is 5.73 Å². The van der Waals surface area contributed by atoms with E-state index >= 15 is 0 Å². The van der Waals surface area contributed by atoms with Gasteiger partial charge in [-0.3, -0.25) is 19.1 Å². The Morgan fingerprint density at radius 2 is 1.98 bits per heavy atom. The van der Waals surface area contributed by atoms with E-state index in [9.17, 15) is 23.5 Å². The fourth-order valence-corrected chi connectivity index (χ4v) is 5.35. The first-order chi connectivity index (χ1) is 19.5. The number of nitrogens with zero attached hydrogens (tertiary/aromatic N) is 7. The highest BCUT2D eigenvalue weighted by atomic mass is 19.3. The molecule has 0 saturated carbocycles. The molecular formula is C27H35F2N9O3. The number of carbonyl (C=O) groups excluding carboxylic acids is 1. The van der Waals surface area contributed by atoms with Crippen LogP contribution in [-0.4, -0.2) is 89.7 Å². The molecule has 3 aromatic rings. The average molecular weight is 572 g/mol. The molecule has 0 spiro atoms. The SMILES string of the molecule is CC1CC(N2CC(n3cc(NC(=O)c4cccc(-c5cnn(C(C)(C)CN)c5)n4)c(C(F)F)n3)C2)CCN1C(=O)O. The number of likely N-dealkylation sites (tertiary alicyclic amines) is 2. The second kappa shape index (κ2) is 11.2. The Bertz CT molecular complexity index is 1420. The van der Waals surface area contributed by atoms with Crippen molar-refractivity contribution in [2.75, 3.05) is 31.5 Å². The Kier molecular flexibility index (Phi) is 7.79. The molecule has 0 radical (unpaired) electrons. The topological polar surface area (TPSA) is 147 Å². The minimum Gasteiger partial charge on any atom is -0.465 e. The summed E-state index contributed by atoms with van der Waals surface area (Å²) in [5.41, 5.74) is 6.16. The number of nitrogens with one attached hydrogen (secondary N) is 1. The monoisotopic (exact) mass is 571 g/mol. The third kappa shape index (κ3) is 5.79. The summed E-state index contributed by atoms with van der Waals surface area (Å²) in [6, 6.07) is 4.95. The van der Waals surface area contributed by atoms with Crippen molar-refractivity contribution >= 4 is 17.7 Å². The zero-order valence-electron chi connectivity index (χ0n) is 23.2. The van der Waals surface area contributed by atoms with Crippen LogP contribution in [0, 0.1) is 0 Å². The molecule has 0 aliphatic carbocycles. The maximum absolute atomic E-state index is 13.9. The van der Waals surface area contributed by atoms with Crippen LogP contribution in [0.4, 0.5) is 19.3 Å². The van der Waals surface area contributed by atoms with Crippen LogP contribution < -0.4 is 11.1 Å². The largest absolute Gasteiger partial charge is 0.465 e. The molecule has 5 heterocycles. The smallest absolute Gasteiger partial charge is 0.407 e. The second-order valence-corrected chi connectivity index (χ2v) is 11.4. The highest BCUT2D eigenvalue weighted by Crippen LogP contribution is 2.33. The molecule has 2 saturated heterocycles. The van der Waals surface area contributed by atoms with E-state index in [1.165, 1.54) is 21.8 Å². The van der Waals surface area contributed by atoms with Crippen LogP contribution in [0.2, 0.25) is 0 Å². The van der Waals surface area contributed by atoms with E-state index in [1.807, 2.05) is 20.8 Å². The van der Waals surface area contributed by atoms with Gasteiger partial charge in [0.15, 0.2) is 5.69 Å². The van der Waals surface area contributed by atoms with Gasteiger partial charge in [0.1, 0.15) is 5.69 Å². The molecule has 5 rings (SSSR count). The van der Waals surface area contributed by atoms with Gasteiger partial charge in [0.2, 0.25) is 0 Å². The Labute approximate surface area is 236 Å². The molecule has 14 heteroatoms. The minimum atomic E-state index is -2.88. The predicted octanol–water partition coefficient (Wildman–Crippen LogP) is 3.41. The molecule has 2 unspecified atom stereocenters. The van der Waals surface area contributed by atoms with Crippen molar-refractivity contribution in [2.45, 2.75) is 63.7 Å². The summed E-state index contributed by atoms with van der Waals surface area (Å²) < 4.78 is 31.0. The highest BCUT2D eigenvalue weighted by Gasteiger charge is 2.39.